The van der Waals surface area contributed by atoms with Gasteiger partial charge < -0.3 is 14.8 Å². The topological polar surface area (TPSA) is 47.6 Å². The average Bonchev–Trinajstić information content (AvgIpc) is 2.54. The molecule has 22 heavy (non-hydrogen) atoms. The number of carbonyl (C=O) groups is 1. The van der Waals surface area contributed by atoms with E-state index in [9.17, 15) is 4.79 Å². The van der Waals surface area contributed by atoms with Gasteiger partial charge in [0.25, 0.3) is 0 Å². The van der Waals surface area contributed by atoms with Crippen LogP contribution in [0.1, 0.15) is 44.6 Å². The number of hydrogen-bond acceptors (Lipinski definition) is 3. The molecule has 122 valence electrons. The lowest BCUT2D eigenvalue weighted by molar-refractivity contribution is -0.122. The first kappa shape index (κ1) is 16.7. The number of aryl methyl sites for hydroxylation is 1. The summed E-state index contributed by atoms with van der Waals surface area (Å²) in [7, 11) is 3.29. The molecule has 1 amide bonds. The fourth-order valence-electron chi connectivity index (χ4n) is 3.14. The summed E-state index contributed by atoms with van der Waals surface area (Å²) < 4.78 is 10.6. The van der Waals surface area contributed by atoms with Crippen LogP contribution in [0.15, 0.2) is 18.2 Å². The Balaban J connectivity index is 1.90. The van der Waals surface area contributed by atoms with E-state index in [2.05, 4.69) is 12.2 Å². The predicted molar refractivity (Wildman–Crippen MR) is 87.4 cm³/mol. The summed E-state index contributed by atoms with van der Waals surface area (Å²) in [6.45, 7) is 2.23. The molecule has 0 bridgehead atoms. The van der Waals surface area contributed by atoms with Crippen LogP contribution in [0.25, 0.3) is 0 Å². The highest BCUT2D eigenvalue weighted by Gasteiger charge is 2.22. The highest BCUT2D eigenvalue weighted by atomic mass is 16.5. The number of amides is 1. The molecule has 1 aliphatic rings. The van der Waals surface area contributed by atoms with E-state index in [1.54, 1.807) is 14.2 Å². The van der Waals surface area contributed by atoms with Gasteiger partial charge >= 0.3 is 0 Å². The first-order valence-corrected chi connectivity index (χ1v) is 8.14. The van der Waals surface area contributed by atoms with E-state index in [0.29, 0.717) is 24.8 Å². The maximum atomic E-state index is 12.2. The summed E-state index contributed by atoms with van der Waals surface area (Å²) in [6, 6.07) is 6.03. The largest absolute Gasteiger partial charge is 0.497 e. The van der Waals surface area contributed by atoms with Crippen molar-refractivity contribution in [2.75, 3.05) is 14.2 Å². The fraction of sp³-hybridized carbons (Fsp3) is 0.611. The quantitative estimate of drug-likeness (QED) is 0.877. The van der Waals surface area contributed by atoms with Crippen LogP contribution < -0.4 is 14.8 Å². The zero-order chi connectivity index (χ0) is 15.9. The third kappa shape index (κ3) is 4.39. The minimum atomic E-state index is 0.128. The van der Waals surface area contributed by atoms with Crippen LogP contribution in [-0.2, 0) is 11.2 Å². The molecule has 1 aliphatic carbocycles. The average molecular weight is 305 g/mol. The van der Waals surface area contributed by atoms with Crippen LogP contribution in [0, 0.1) is 5.92 Å². The second kappa shape index (κ2) is 8.06. The summed E-state index contributed by atoms with van der Waals surface area (Å²) in [6.07, 6.45) is 5.97. The number of benzene rings is 1. The SMILES string of the molecule is COc1ccc(OC)c(CCC(=O)NC2CCCCC2C)c1. The smallest absolute Gasteiger partial charge is 0.220 e. The molecule has 0 spiro atoms. The van der Waals surface area contributed by atoms with E-state index < -0.39 is 0 Å². The summed E-state index contributed by atoms with van der Waals surface area (Å²) in [5.41, 5.74) is 1.01. The van der Waals surface area contributed by atoms with Gasteiger partial charge in [0.1, 0.15) is 11.5 Å². The molecule has 0 heterocycles. The normalized spacial score (nSPS) is 21.2. The van der Waals surface area contributed by atoms with Gasteiger partial charge in [-0.3, -0.25) is 4.79 Å². The summed E-state index contributed by atoms with van der Waals surface area (Å²) >= 11 is 0. The van der Waals surface area contributed by atoms with Gasteiger partial charge in [0.05, 0.1) is 14.2 Å². The van der Waals surface area contributed by atoms with Gasteiger partial charge in [-0.05, 0) is 48.9 Å². The van der Waals surface area contributed by atoms with Crippen LogP contribution in [0.3, 0.4) is 0 Å². The molecule has 1 aromatic carbocycles. The Bertz CT molecular complexity index is 501. The summed E-state index contributed by atoms with van der Waals surface area (Å²) in [5.74, 6) is 2.31. The van der Waals surface area contributed by atoms with Gasteiger partial charge in [-0.2, -0.15) is 0 Å². The van der Waals surface area contributed by atoms with Crippen molar-refractivity contribution in [2.45, 2.75) is 51.5 Å². The van der Waals surface area contributed by atoms with Gasteiger partial charge in [-0.1, -0.05) is 19.8 Å². The zero-order valence-corrected chi connectivity index (χ0v) is 13.9. The first-order valence-electron chi connectivity index (χ1n) is 8.14. The minimum Gasteiger partial charge on any atom is -0.497 e. The molecule has 1 aromatic rings. The Labute approximate surface area is 133 Å². The molecule has 2 atom stereocenters. The van der Waals surface area contributed by atoms with Gasteiger partial charge in [-0.15, -0.1) is 0 Å². The van der Waals surface area contributed by atoms with Gasteiger partial charge in [0.2, 0.25) is 5.91 Å². The van der Waals surface area contributed by atoms with Crippen molar-refractivity contribution in [1.82, 2.24) is 5.32 Å². The van der Waals surface area contributed by atoms with Crippen molar-refractivity contribution in [1.29, 1.82) is 0 Å². The standard InChI is InChI=1S/C18H27NO3/c1-13-6-4-5-7-16(13)19-18(20)11-8-14-12-15(21-2)9-10-17(14)22-3/h9-10,12-13,16H,4-8,11H2,1-3H3,(H,19,20). The van der Waals surface area contributed by atoms with Gasteiger partial charge in [0, 0.05) is 12.5 Å². The summed E-state index contributed by atoms with van der Waals surface area (Å²) in [4.78, 5) is 12.2. The maximum absolute atomic E-state index is 12.2. The Morgan fingerprint density at radius 2 is 2.00 bits per heavy atom. The second-order valence-electron chi connectivity index (χ2n) is 6.11. The Morgan fingerprint density at radius 1 is 1.23 bits per heavy atom. The molecule has 0 aromatic heterocycles. The van der Waals surface area contributed by atoms with E-state index >= 15 is 0 Å². The molecule has 1 N–H and O–H groups in total. The van der Waals surface area contributed by atoms with Gasteiger partial charge in [0.15, 0.2) is 0 Å². The van der Waals surface area contributed by atoms with E-state index in [1.165, 1.54) is 19.3 Å². The van der Waals surface area contributed by atoms with Crippen LogP contribution >= 0.6 is 0 Å². The molecule has 4 heteroatoms. The summed E-state index contributed by atoms with van der Waals surface area (Å²) in [5, 5.41) is 3.19. The third-order valence-corrected chi connectivity index (χ3v) is 4.57. The van der Waals surface area contributed by atoms with Crippen molar-refractivity contribution < 1.29 is 14.3 Å². The lowest BCUT2D eigenvalue weighted by atomic mass is 9.86. The molecule has 2 rings (SSSR count). The zero-order valence-electron chi connectivity index (χ0n) is 13.9. The third-order valence-electron chi connectivity index (χ3n) is 4.57. The molecule has 0 saturated heterocycles. The van der Waals surface area contributed by atoms with Crippen LogP contribution in [0.5, 0.6) is 11.5 Å². The minimum absolute atomic E-state index is 0.128. The highest BCUT2D eigenvalue weighted by Crippen LogP contribution is 2.26. The highest BCUT2D eigenvalue weighted by molar-refractivity contribution is 5.76. The molecule has 0 aliphatic heterocycles. The number of nitrogens with one attached hydrogen (secondary N) is 1. The van der Waals surface area contributed by atoms with Crippen molar-refractivity contribution in [3.05, 3.63) is 23.8 Å². The van der Waals surface area contributed by atoms with Crippen molar-refractivity contribution >= 4 is 5.91 Å². The van der Waals surface area contributed by atoms with E-state index in [-0.39, 0.29) is 5.91 Å². The van der Waals surface area contributed by atoms with E-state index in [0.717, 1.165) is 23.5 Å². The maximum Gasteiger partial charge on any atom is 0.220 e. The molecule has 1 fully saturated rings. The van der Waals surface area contributed by atoms with Crippen LogP contribution in [0.2, 0.25) is 0 Å². The lowest BCUT2D eigenvalue weighted by Crippen LogP contribution is -2.41. The van der Waals surface area contributed by atoms with Crippen molar-refractivity contribution in [3.8, 4) is 11.5 Å². The van der Waals surface area contributed by atoms with E-state index in [4.69, 9.17) is 9.47 Å². The number of rotatable bonds is 6. The molecule has 0 radical (unpaired) electrons. The first-order chi connectivity index (χ1) is 10.6. The monoisotopic (exact) mass is 305 g/mol. The number of methoxy groups -OCH3 is 2. The predicted octanol–water partition coefficient (Wildman–Crippen LogP) is 3.33. The number of carbonyl (C=O) groups excluding carboxylic acids is 1. The van der Waals surface area contributed by atoms with E-state index in [1.807, 2.05) is 18.2 Å². The molecular weight excluding hydrogens is 278 g/mol. The van der Waals surface area contributed by atoms with Crippen molar-refractivity contribution in [2.24, 2.45) is 5.92 Å². The molecular formula is C18H27NO3. The second-order valence-corrected chi connectivity index (χ2v) is 6.11. The Kier molecular flexibility index (Phi) is 6.10. The van der Waals surface area contributed by atoms with Crippen LogP contribution in [-0.4, -0.2) is 26.2 Å². The Morgan fingerprint density at radius 3 is 2.68 bits per heavy atom. The number of ether oxygens (including phenoxy) is 2. The molecule has 1 saturated carbocycles. The van der Waals surface area contributed by atoms with Crippen molar-refractivity contribution in [3.63, 3.8) is 0 Å². The molecule has 4 nitrogen and oxygen atoms in total. The Hall–Kier alpha value is -1.71. The number of hydrogen-bond donors (Lipinski definition) is 1. The van der Waals surface area contributed by atoms with Gasteiger partial charge in [-0.25, -0.2) is 0 Å². The molecule has 2 unspecified atom stereocenters. The fourth-order valence-corrected chi connectivity index (χ4v) is 3.14. The lowest BCUT2D eigenvalue weighted by Gasteiger charge is -2.29. The van der Waals surface area contributed by atoms with Crippen LogP contribution in [0.4, 0.5) is 0 Å².